The fourth-order valence-electron chi connectivity index (χ4n) is 2.85. The molecule has 1 heterocycles. The van der Waals surface area contributed by atoms with E-state index in [4.69, 9.17) is 9.63 Å². The average Bonchev–Trinajstić information content (AvgIpc) is 2.84. The van der Waals surface area contributed by atoms with Crippen LogP contribution in [0.2, 0.25) is 0 Å². The van der Waals surface area contributed by atoms with E-state index in [0.29, 0.717) is 31.0 Å². The number of hydrogen-bond acceptors (Lipinski definition) is 5. The van der Waals surface area contributed by atoms with Crippen LogP contribution in [0.15, 0.2) is 28.8 Å². The lowest BCUT2D eigenvalue weighted by molar-refractivity contribution is -0.153. The summed E-state index contributed by atoms with van der Waals surface area (Å²) < 4.78 is 5.10. The van der Waals surface area contributed by atoms with E-state index >= 15 is 0 Å². The van der Waals surface area contributed by atoms with E-state index in [2.05, 4.69) is 15.5 Å². The van der Waals surface area contributed by atoms with Crippen molar-refractivity contribution < 1.29 is 14.4 Å². The molecular weight excluding hydrogens is 282 g/mol. The molecule has 6 heteroatoms. The summed E-state index contributed by atoms with van der Waals surface area (Å²) in [4.78, 5) is 15.3. The maximum absolute atomic E-state index is 11.1. The SMILES string of the molecule is Cc1noc(Cc2ccc(NC3CC(C)(C(=O)O)C3)cc2)n1. The zero-order chi connectivity index (χ0) is 15.7. The number of carbonyl (C=O) groups is 1. The summed E-state index contributed by atoms with van der Waals surface area (Å²) in [6, 6.07) is 8.24. The Kier molecular flexibility index (Phi) is 3.60. The molecule has 0 aliphatic heterocycles. The van der Waals surface area contributed by atoms with Gasteiger partial charge in [0.05, 0.1) is 11.8 Å². The van der Waals surface area contributed by atoms with E-state index in [0.717, 1.165) is 11.3 Å². The number of aryl methyl sites for hydroxylation is 1. The molecule has 0 spiro atoms. The molecule has 1 saturated carbocycles. The summed E-state index contributed by atoms with van der Waals surface area (Å²) in [6.45, 7) is 3.59. The smallest absolute Gasteiger partial charge is 0.309 e. The standard InChI is InChI=1S/C16H19N3O3/c1-10-17-14(22-19-10)7-11-3-5-12(6-4-11)18-13-8-16(2,9-13)15(20)21/h3-6,13,18H,7-9H2,1-2H3,(H,20,21). The van der Waals surface area contributed by atoms with Crippen molar-refractivity contribution in [3.63, 3.8) is 0 Å². The van der Waals surface area contributed by atoms with Gasteiger partial charge in [-0.05, 0) is 44.4 Å². The van der Waals surface area contributed by atoms with Crippen LogP contribution in [-0.2, 0) is 11.2 Å². The highest BCUT2D eigenvalue weighted by Crippen LogP contribution is 2.42. The summed E-state index contributed by atoms with van der Waals surface area (Å²) in [7, 11) is 0. The second-order valence-corrected chi connectivity index (χ2v) is 6.22. The molecule has 3 rings (SSSR count). The van der Waals surface area contributed by atoms with E-state index in [1.165, 1.54) is 0 Å². The first-order chi connectivity index (χ1) is 10.4. The quantitative estimate of drug-likeness (QED) is 0.882. The Morgan fingerprint density at radius 2 is 2.09 bits per heavy atom. The molecule has 116 valence electrons. The summed E-state index contributed by atoms with van der Waals surface area (Å²) >= 11 is 0. The molecule has 0 amide bonds. The van der Waals surface area contributed by atoms with Crippen molar-refractivity contribution in [1.82, 2.24) is 10.1 Å². The van der Waals surface area contributed by atoms with Crippen LogP contribution in [0.4, 0.5) is 5.69 Å². The summed E-state index contributed by atoms with van der Waals surface area (Å²) in [5, 5.41) is 16.2. The maximum atomic E-state index is 11.1. The van der Waals surface area contributed by atoms with Gasteiger partial charge in [0.2, 0.25) is 5.89 Å². The number of nitrogens with one attached hydrogen (secondary N) is 1. The lowest BCUT2D eigenvalue weighted by Crippen LogP contribution is -2.48. The van der Waals surface area contributed by atoms with E-state index < -0.39 is 11.4 Å². The fraction of sp³-hybridized carbons (Fsp3) is 0.438. The second kappa shape index (κ2) is 5.44. The van der Waals surface area contributed by atoms with Crippen LogP contribution in [0.5, 0.6) is 0 Å². The molecular formula is C16H19N3O3. The van der Waals surface area contributed by atoms with Crippen LogP contribution in [0.25, 0.3) is 0 Å². The summed E-state index contributed by atoms with van der Waals surface area (Å²) in [5.74, 6) is 0.532. The fourth-order valence-corrected chi connectivity index (χ4v) is 2.85. The molecule has 22 heavy (non-hydrogen) atoms. The van der Waals surface area contributed by atoms with E-state index in [9.17, 15) is 4.79 Å². The Labute approximate surface area is 128 Å². The molecule has 1 aliphatic rings. The van der Waals surface area contributed by atoms with E-state index in [-0.39, 0.29) is 6.04 Å². The van der Waals surface area contributed by atoms with Crippen LogP contribution < -0.4 is 5.32 Å². The van der Waals surface area contributed by atoms with Crippen molar-refractivity contribution in [2.24, 2.45) is 5.41 Å². The van der Waals surface area contributed by atoms with Crippen molar-refractivity contribution in [1.29, 1.82) is 0 Å². The van der Waals surface area contributed by atoms with E-state index in [1.807, 2.05) is 24.3 Å². The highest BCUT2D eigenvalue weighted by molar-refractivity contribution is 5.76. The molecule has 1 aromatic carbocycles. The zero-order valence-corrected chi connectivity index (χ0v) is 12.7. The Balaban J connectivity index is 1.55. The van der Waals surface area contributed by atoms with Gasteiger partial charge in [0.15, 0.2) is 5.82 Å². The first-order valence-corrected chi connectivity index (χ1v) is 7.33. The third-order valence-electron chi connectivity index (χ3n) is 4.16. The number of rotatable bonds is 5. The minimum Gasteiger partial charge on any atom is -0.481 e. The second-order valence-electron chi connectivity index (χ2n) is 6.22. The summed E-state index contributed by atoms with van der Waals surface area (Å²) in [6.07, 6.45) is 1.93. The summed E-state index contributed by atoms with van der Waals surface area (Å²) in [5.41, 5.74) is 1.52. The Hall–Kier alpha value is -2.37. The molecule has 0 bridgehead atoms. The molecule has 1 aliphatic carbocycles. The predicted molar refractivity (Wildman–Crippen MR) is 80.7 cm³/mol. The third kappa shape index (κ3) is 2.95. The van der Waals surface area contributed by atoms with Crippen molar-refractivity contribution >= 4 is 11.7 Å². The van der Waals surface area contributed by atoms with Gasteiger partial charge in [0.25, 0.3) is 0 Å². The number of hydrogen-bond donors (Lipinski definition) is 2. The highest BCUT2D eigenvalue weighted by Gasteiger charge is 2.46. The van der Waals surface area contributed by atoms with Gasteiger partial charge < -0.3 is 14.9 Å². The predicted octanol–water partition coefficient (Wildman–Crippen LogP) is 2.63. The van der Waals surface area contributed by atoms with Gasteiger partial charge in [-0.1, -0.05) is 17.3 Å². The number of carboxylic acid groups (broad SMARTS) is 1. The third-order valence-corrected chi connectivity index (χ3v) is 4.16. The van der Waals surface area contributed by atoms with Crippen LogP contribution in [0.1, 0.15) is 37.0 Å². The minimum atomic E-state index is -0.712. The van der Waals surface area contributed by atoms with Gasteiger partial charge in [0.1, 0.15) is 0 Å². The number of carboxylic acids is 1. The lowest BCUT2D eigenvalue weighted by Gasteiger charge is -2.42. The van der Waals surface area contributed by atoms with Gasteiger partial charge in [-0.3, -0.25) is 4.79 Å². The molecule has 0 radical (unpaired) electrons. The van der Waals surface area contributed by atoms with Crippen LogP contribution in [0, 0.1) is 12.3 Å². The first kappa shape index (κ1) is 14.6. The van der Waals surface area contributed by atoms with Crippen LogP contribution in [-0.4, -0.2) is 27.3 Å². The van der Waals surface area contributed by atoms with Crippen molar-refractivity contribution in [3.05, 3.63) is 41.5 Å². The Bertz CT molecular complexity index is 672. The molecule has 1 aromatic heterocycles. The number of nitrogens with zero attached hydrogens (tertiary/aromatic N) is 2. The molecule has 0 unspecified atom stereocenters. The van der Waals surface area contributed by atoms with Crippen molar-refractivity contribution in [2.45, 2.75) is 39.2 Å². The first-order valence-electron chi connectivity index (χ1n) is 7.33. The van der Waals surface area contributed by atoms with Gasteiger partial charge in [-0.2, -0.15) is 4.98 Å². The molecule has 2 N–H and O–H groups in total. The van der Waals surface area contributed by atoms with Gasteiger partial charge in [-0.25, -0.2) is 0 Å². The molecule has 6 nitrogen and oxygen atoms in total. The molecule has 2 aromatic rings. The van der Waals surface area contributed by atoms with Crippen LogP contribution >= 0.6 is 0 Å². The van der Waals surface area contributed by atoms with Gasteiger partial charge >= 0.3 is 5.97 Å². The molecule has 0 atom stereocenters. The lowest BCUT2D eigenvalue weighted by atomic mass is 9.67. The Morgan fingerprint density at radius 1 is 1.41 bits per heavy atom. The average molecular weight is 301 g/mol. The van der Waals surface area contributed by atoms with Gasteiger partial charge in [0, 0.05) is 11.7 Å². The highest BCUT2D eigenvalue weighted by atomic mass is 16.5. The number of aliphatic carboxylic acids is 1. The molecule has 0 saturated heterocycles. The van der Waals surface area contributed by atoms with Crippen molar-refractivity contribution in [3.8, 4) is 0 Å². The number of anilines is 1. The van der Waals surface area contributed by atoms with Gasteiger partial charge in [-0.15, -0.1) is 0 Å². The molecule has 1 fully saturated rings. The number of aromatic nitrogens is 2. The topological polar surface area (TPSA) is 88.2 Å². The Morgan fingerprint density at radius 3 is 2.64 bits per heavy atom. The van der Waals surface area contributed by atoms with E-state index in [1.54, 1.807) is 13.8 Å². The van der Waals surface area contributed by atoms with Crippen LogP contribution in [0.3, 0.4) is 0 Å². The largest absolute Gasteiger partial charge is 0.481 e. The van der Waals surface area contributed by atoms with Crippen molar-refractivity contribution in [2.75, 3.05) is 5.32 Å². The number of benzene rings is 1. The normalized spacial score (nSPS) is 23.8. The zero-order valence-electron chi connectivity index (χ0n) is 12.7. The monoisotopic (exact) mass is 301 g/mol. The maximum Gasteiger partial charge on any atom is 0.309 e. The minimum absolute atomic E-state index is 0.227.